The monoisotopic (exact) mass is 528 g/mol. The van der Waals surface area contributed by atoms with Gasteiger partial charge in [0.2, 0.25) is 0 Å². The first-order chi connectivity index (χ1) is 18.6. The molecule has 1 amide bonds. The van der Waals surface area contributed by atoms with E-state index in [9.17, 15) is 4.79 Å². The summed E-state index contributed by atoms with van der Waals surface area (Å²) in [5.41, 5.74) is 2.91. The number of benzene rings is 3. The van der Waals surface area contributed by atoms with Gasteiger partial charge in [-0.05, 0) is 67.2 Å². The number of hydrogen-bond donors (Lipinski definition) is 1. The lowest BCUT2D eigenvalue weighted by atomic mass is 9.85. The molecule has 1 unspecified atom stereocenters. The van der Waals surface area contributed by atoms with E-state index >= 15 is 0 Å². The normalized spacial score (nSPS) is 22.5. The van der Waals surface area contributed by atoms with Gasteiger partial charge in [-0.15, -0.1) is 0 Å². The number of nitrogens with one attached hydrogen (secondary N) is 1. The Morgan fingerprint density at radius 1 is 0.947 bits per heavy atom. The van der Waals surface area contributed by atoms with Gasteiger partial charge in [0.05, 0.1) is 11.5 Å². The van der Waals surface area contributed by atoms with Crippen molar-refractivity contribution in [1.82, 2.24) is 4.90 Å². The molecule has 3 atom stereocenters. The second-order valence-electron chi connectivity index (χ2n) is 9.94. The molecule has 1 N–H and O–H groups in total. The summed E-state index contributed by atoms with van der Waals surface area (Å²) in [6, 6.07) is 26.4. The Balaban J connectivity index is 1.39. The lowest BCUT2D eigenvalue weighted by Gasteiger charge is -2.39. The van der Waals surface area contributed by atoms with E-state index < -0.39 is 0 Å². The Bertz CT molecular complexity index is 1250. The molecule has 198 valence electrons. The van der Waals surface area contributed by atoms with Crippen LogP contribution in [0.3, 0.4) is 0 Å². The fourth-order valence-electron chi connectivity index (χ4n) is 5.26. The zero-order chi connectivity index (χ0) is 26.3. The predicted octanol–water partition coefficient (Wildman–Crippen LogP) is 7.56. The van der Waals surface area contributed by atoms with Crippen molar-refractivity contribution < 1.29 is 14.3 Å². The van der Waals surface area contributed by atoms with E-state index in [4.69, 9.17) is 9.47 Å². The van der Waals surface area contributed by atoms with Crippen LogP contribution in [-0.2, 0) is 11.4 Å². The summed E-state index contributed by atoms with van der Waals surface area (Å²) < 4.78 is 12.0. The first-order valence-corrected chi connectivity index (χ1v) is 14.5. The molecule has 5 rings (SSSR count). The first-order valence-electron chi connectivity index (χ1n) is 13.6. The standard InChI is InChI=1S/C32H36N2O3S/c1-3-36-29-20-25(18-19-28(29)37-22-24-13-6-4-7-14-24)21-30-31(35)34(27-17-11-10-12-23(27)2)32(38-30)33-26-15-8-5-9-16-26/h4-9,13-16,18-21,23,27,32-33H,3,10-12,17,22H2,1-2H3/b30-21-/t23-,27-,32?/m0/s1. The minimum absolute atomic E-state index is 0.101. The molecule has 0 spiro atoms. The number of amides is 1. The smallest absolute Gasteiger partial charge is 0.262 e. The van der Waals surface area contributed by atoms with Crippen molar-refractivity contribution in [3.63, 3.8) is 0 Å². The van der Waals surface area contributed by atoms with E-state index in [0.717, 1.165) is 28.1 Å². The first kappa shape index (κ1) is 26.2. The average Bonchev–Trinajstić information content (AvgIpc) is 3.23. The van der Waals surface area contributed by atoms with Gasteiger partial charge < -0.3 is 19.7 Å². The van der Waals surface area contributed by atoms with Crippen LogP contribution in [0, 0.1) is 5.92 Å². The van der Waals surface area contributed by atoms with Crippen LogP contribution in [0.4, 0.5) is 5.69 Å². The highest BCUT2D eigenvalue weighted by Crippen LogP contribution is 2.42. The van der Waals surface area contributed by atoms with E-state index in [2.05, 4.69) is 29.3 Å². The van der Waals surface area contributed by atoms with Gasteiger partial charge in [0, 0.05) is 11.7 Å². The summed E-state index contributed by atoms with van der Waals surface area (Å²) in [7, 11) is 0. The maximum absolute atomic E-state index is 13.8. The molecule has 3 aromatic rings. The number of rotatable bonds is 9. The predicted molar refractivity (Wildman–Crippen MR) is 156 cm³/mol. The van der Waals surface area contributed by atoms with Crippen molar-refractivity contribution in [3.05, 3.63) is 94.9 Å². The molecule has 2 aliphatic rings. The van der Waals surface area contributed by atoms with Crippen LogP contribution in [0.15, 0.2) is 83.8 Å². The van der Waals surface area contributed by atoms with E-state index in [1.54, 1.807) is 11.8 Å². The third-order valence-corrected chi connectivity index (χ3v) is 8.34. The molecule has 2 fully saturated rings. The third-order valence-electron chi connectivity index (χ3n) is 7.23. The van der Waals surface area contributed by atoms with Crippen LogP contribution in [-0.4, -0.2) is 29.0 Å². The Morgan fingerprint density at radius 2 is 1.68 bits per heavy atom. The summed E-state index contributed by atoms with van der Waals surface area (Å²) in [4.78, 5) is 16.7. The van der Waals surface area contributed by atoms with Crippen molar-refractivity contribution in [3.8, 4) is 11.5 Å². The molecule has 1 saturated heterocycles. The van der Waals surface area contributed by atoms with Crippen LogP contribution in [0.5, 0.6) is 11.5 Å². The number of thioether (sulfide) groups is 1. The van der Waals surface area contributed by atoms with Crippen molar-refractivity contribution in [2.45, 2.75) is 57.7 Å². The number of carbonyl (C=O) groups is 1. The second kappa shape index (κ2) is 12.4. The zero-order valence-electron chi connectivity index (χ0n) is 22.1. The van der Waals surface area contributed by atoms with Gasteiger partial charge in [-0.3, -0.25) is 4.79 Å². The van der Waals surface area contributed by atoms with Crippen LogP contribution in [0.2, 0.25) is 0 Å². The maximum Gasteiger partial charge on any atom is 0.262 e. The number of anilines is 1. The van der Waals surface area contributed by atoms with Crippen LogP contribution in [0.1, 0.15) is 50.7 Å². The van der Waals surface area contributed by atoms with Crippen LogP contribution >= 0.6 is 11.8 Å². The van der Waals surface area contributed by atoms with Gasteiger partial charge in [-0.25, -0.2) is 0 Å². The van der Waals surface area contributed by atoms with Gasteiger partial charge >= 0.3 is 0 Å². The lowest BCUT2D eigenvalue weighted by molar-refractivity contribution is -0.129. The van der Waals surface area contributed by atoms with Gasteiger partial charge in [0.15, 0.2) is 17.0 Å². The van der Waals surface area contributed by atoms with Gasteiger partial charge in [0.1, 0.15) is 6.61 Å². The summed E-state index contributed by atoms with van der Waals surface area (Å²) in [5, 5.41) is 3.61. The fraction of sp³-hybridized carbons (Fsp3) is 0.344. The molecule has 38 heavy (non-hydrogen) atoms. The van der Waals surface area contributed by atoms with Crippen molar-refractivity contribution in [1.29, 1.82) is 0 Å². The van der Waals surface area contributed by atoms with Crippen molar-refractivity contribution >= 4 is 29.4 Å². The van der Waals surface area contributed by atoms with E-state index in [1.807, 2.05) is 79.7 Å². The summed E-state index contributed by atoms with van der Waals surface area (Å²) in [5.74, 6) is 1.97. The Hall–Kier alpha value is -3.38. The van der Waals surface area contributed by atoms with E-state index in [1.165, 1.54) is 19.3 Å². The quantitative estimate of drug-likeness (QED) is 0.291. The molecular formula is C32H36N2O3S. The molecule has 1 saturated carbocycles. The number of carbonyl (C=O) groups excluding carboxylic acids is 1. The van der Waals surface area contributed by atoms with Gasteiger partial charge in [-0.2, -0.15) is 0 Å². The minimum Gasteiger partial charge on any atom is -0.490 e. The highest BCUT2D eigenvalue weighted by Gasteiger charge is 2.42. The maximum atomic E-state index is 13.8. The minimum atomic E-state index is -0.137. The second-order valence-corrected chi connectivity index (χ2v) is 11.1. The Kier molecular flexibility index (Phi) is 8.59. The highest BCUT2D eigenvalue weighted by molar-refractivity contribution is 8.05. The highest BCUT2D eigenvalue weighted by atomic mass is 32.2. The summed E-state index contributed by atoms with van der Waals surface area (Å²) in [6.45, 7) is 5.25. The van der Waals surface area contributed by atoms with Crippen molar-refractivity contribution in [2.24, 2.45) is 5.92 Å². The largest absolute Gasteiger partial charge is 0.490 e. The van der Waals surface area contributed by atoms with Crippen LogP contribution in [0.25, 0.3) is 6.08 Å². The molecule has 0 radical (unpaired) electrons. The molecule has 6 heteroatoms. The lowest BCUT2D eigenvalue weighted by Crippen LogP contribution is -2.48. The third kappa shape index (κ3) is 6.18. The SMILES string of the molecule is CCOc1cc(/C=C2\SC(Nc3ccccc3)N([C@H]3CCCC[C@@H]3C)C2=O)ccc1OCc1ccccc1. The van der Waals surface area contributed by atoms with Gasteiger partial charge in [-0.1, -0.05) is 86.1 Å². The Morgan fingerprint density at radius 3 is 2.42 bits per heavy atom. The number of ether oxygens (including phenoxy) is 2. The molecule has 0 bridgehead atoms. The molecule has 0 aromatic heterocycles. The average molecular weight is 529 g/mol. The summed E-state index contributed by atoms with van der Waals surface area (Å²) >= 11 is 1.60. The van der Waals surface area contributed by atoms with E-state index in [-0.39, 0.29) is 17.4 Å². The molecule has 1 heterocycles. The summed E-state index contributed by atoms with van der Waals surface area (Å²) in [6.07, 6.45) is 6.62. The number of nitrogens with zero attached hydrogens (tertiary/aromatic N) is 1. The fourth-order valence-corrected chi connectivity index (χ4v) is 6.47. The molecular weight excluding hydrogens is 492 g/mol. The Labute approximate surface area is 230 Å². The van der Waals surface area contributed by atoms with Crippen molar-refractivity contribution in [2.75, 3.05) is 11.9 Å². The van der Waals surface area contributed by atoms with E-state index in [0.29, 0.717) is 30.6 Å². The number of hydrogen-bond acceptors (Lipinski definition) is 5. The molecule has 3 aromatic carbocycles. The molecule has 1 aliphatic carbocycles. The molecule has 1 aliphatic heterocycles. The number of para-hydroxylation sites is 1. The van der Waals surface area contributed by atoms with Gasteiger partial charge in [0.25, 0.3) is 5.91 Å². The molecule has 5 nitrogen and oxygen atoms in total. The van der Waals surface area contributed by atoms with Crippen LogP contribution < -0.4 is 14.8 Å². The topological polar surface area (TPSA) is 50.8 Å². The zero-order valence-corrected chi connectivity index (χ0v) is 23.0.